The van der Waals surface area contributed by atoms with E-state index in [0.29, 0.717) is 33.9 Å². The minimum absolute atomic E-state index is 0.0407. The van der Waals surface area contributed by atoms with Crippen molar-refractivity contribution in [1.29, 1.82) is 0 Å². The number of ether oxygens (including phenoxy) is 5. The van der Waals surface area contributed by atoms with Gasteiger partial charge in [-0.3, -0.25) is 0 Å². The summed E-state index contributed by atoms with van der Waals surface area (Å²) >= 11 is 8.51. The number of rotatable bonds is 17. The van der Waals surface area contributed by atoms with Gasteiger partial charge in [0.1, 0.15) is 30.5 Å². The van der Waals surface area contributed by atoms with E-state index in [0.717, 1.165) is 61.5 Å². The van der Waals surface area contributed by atoms with Crippen LogP contribution in [0.15, 0.2) is 96.2 Å². The molecule has 0 saturated carbocycles. The average Bonchev–Trinajstić information content (AvgIpc) is 2.84. The minimum Gasteiger partial charge on any atom is -0.390 e. The van der Waals surface area contributed by atoms with Gasteiger partial charge in [0.25, 0.3) is 0 Å². The van der Waals surface area contributed by atoms with Gasteiger partial charge in [-0.25, -0.2) is 19.2 Å². The smallest absolute Gasteiger partial charge is 0.323 e. The zero-order valence-corrected chi connectivity index (χ0v) is 57.4. The largest absolute Gasteiger partial charge is 0.390 e. The van der Waals surface area contributed by atoms with Crippen molar-refractivity contribution in [2.24, 2.45) is 5.92 Å². The fourth-order valence-corrected chi connectivity index (χ4v) is 15.4. The Bertz CT molecular complexity index is 2660. The molecule has 0 aromatic heterocycles. The van der Waals surface area contributed by atoms with Crippen LogP contribution in [-0.4, -0.2) is 243 Å². The van der Waals surface area contributed by atoms with Crippen LogP contribution in [0.3, 0.4) is 0 Å². The Hall–Kier alpha value is -3.14. The van der Waals surface area contributed by atoms with Gasteiger partial charge in [0.2, 0.25) is 0 Å². The molecule has 8 rings (SSSR count). The lowest BCUT2D eigenvalue weighted by Gasteiger charge is -2.25. The van der Waals surface area contributed by atoms with Crippen molar-refractivity contribution < 1.29 is 63.3 Å². The van der Waals surface area contributed by atoms with E-state index in [1.807, 2.05) is 6.92 Å². The molecule has 0 spiro atoms. The second-order valence-corrected chi connectivity index (χ2v) is 44.5. The molecule has 0 bridgehead atoms. The van der Waals surface area contributed by atoms with Crippen LogP contribution in [0.2, 0.25) is 0 Å². The molecule has 4 saturated heterocycles. The predicted molar refractivity (Wildman–Crippen MR) is 363 cm³/mol. The summed E-state index contributed by atoms with van der Waals surface area (Å²) in [4.78, 5) is 44.9. The second-order valence-electron chi connectivity index (χ2n) is 25.3. The highest BCUT2D eigenvalue weighted by atomic mass is 127. The molecule has 0 unspecified atom stereocenters. The van der Waals surface area contributed by atoms with Crippen LogP contribution < -0.4 is 42.5 Å². The highest BCUT2D eigenvalue weighted by molar-refractivity contribution is 14.1. The van der Waals surface area contributed by atoms with Crippen molar-refractivity contribution in [3.63, 3.8) is 0 Å². The number of urea groups is 4. The van der Waals surface area contributed by atoms with Crippen LogP contribution in [0.4, 0.5) is 19.2 Å². The van der Waals surface area contributed by atoms with Crippen LogP contribution in [0.5, 0.6) is 0 Å². The Morgan fingerprint density at radius 1 is 0.482 bits per heavy atom. The monoisotopic (exact) mass is 1400 g/mol. The molecule has 8 heterocycles. The first-order valence-electron chi connectivity index (χ1n) is 28.0. The number of hydrogen-bond donors (Lipinski definition) is 12. The lowest BCUT2D eigenvalue weighted by molar-refractivity contribution is 0.000153. The van der Waals surface area contributed by atoms with E-state index in [4.69, 9.17) is 35.3 Å². The number of carbonyl (C=O) groups excluding carboxylic acids is 4. The van der Waals surface area contributed by atoms with Crippen LogP contribution in [0.1, 0.15) is 32.6 Å². The summed E-state index contributed by atoms with van der Waals surface area (Å²) in [5, 5.41) is 61.7. The first kappa shape index (κ1) is 72.6. The molecule has 0 aromatic carbocycles. The Balaban J connectivity index is 0.000000207. The number of halogens is 2. The van der Waals surface area contributed by atoms with Crippen molar-refractivity contribution in [2.75, 3.05) is 85.1 Å². The fraction of sp³-hybridized carbons (Fsp3) is 0.586. The number of amides is 8. The summed E-state index contributed by atoms with van der Waals surface area (Å²) in [5.74, 6) is -0.0407. The maximum atomic E-state index is 11.3. The van der Waals surface area contributed by atoms with Crippen molar-refractivity contribution in [2.45, 2.75) is 121 Å². The quantitative estimate of drug-likeness (QED) is 0.0469. The Kier molecular flexibility index (Phi) is 26.1. The van der Waals surface area contributed by atoms with Gasteiger partial charge >= 0.3 is 24.1 Å². The average molecular weight is 1400 g/mol. The Labute approximate surface area is 522 Å². The number of hydrogen-bond acceptors (Lipinski definition) is 13. The SMILES string of the molecule is C=C1NC(=O)NC=C1[C@@H]1O[C@H](CCP(=C)(C)C)[C@@H](O)[C@H]1C.C=C1NC(=O)NC=C1[C@@H]1O[C@H](CCP(=C)(C)C)[C@@H](O)[C@H]1Cl.C=C1NC(=O)NC=C1[C@@H]1O[C@H](CCP(=C)(C)C)[C@@H](O)[C@H]1I.C=C1NC(=O)NC=C1[C@@H]1O[C@H](CCP(=C)(C)C)[C@@H](O)[C@H]1OC. The van der Waals surface area contributed by atoms with E-state index >= 15 is 0 Å². The molecule has 12 N–H and O–H groups in total. The lowest BCUT2D eigenvalue weighted by atomic mass is 9.92. The zero-order chi connectivity index (χ0) is 63.8. The second kappa shape index (κ2) is 30.6. The molecule has 27 heteroatoms. The van der Waals surface area contributed by atoms with Crippen molar-refractivity contribution in [1.82, 2.24) is 42.5 Å². The number of aliphatic hydroxyl groups excluding tert-OH is 4. The molecule has 0 aromatic rings. The van der Waals surface area contributed by atoms with Gasteiger partial charge in [-0.15, -0.1) is 64.3 Å². The normalized spacial score (nSPS) is 33.2. The van der Waals surface area contributed by atoms with Gasteiger partial charge in [0, 0.05) is 82.9 Å². The summed E-state index contributed by atoms with van der Waals surface area (Å²) < 4.78 is 29.4. The summed E-state index contributed by atoms with van der Waals surface area (Å²) in [6.45, 7) is 30.0. The molecule has 16 atom stereocenters. The molecule has 21 nitrogen and oxygen atoms in total. The van der Waals surface area contributed by atoms with Gasteiger partial charge in [-0.05, 0) is 104 Å². The van der Waals surface area contributed by atoms with Gasteiger partial charge in [-0.1, -0.05) is 55.8 Å². The molecule has 478 valence electrons. The highest BCUT2D eigenvalue weighted by Crippen LogP contribution is 2.44. The molecule has 85 heavy (non-hydrogen) atoms. The maximum Gasteiger partial charge on any atom is 0.323 e. The van der Waals surface area contributed by atoms with Gasteiger partial charge < -0.3 is 86.6 Å². The van der Waals surface area contributed by atoms with Gasteiger partial charge in [-0.2, -0.15) is 0 Å². The van der Waals surface area contributed by atoms with E-state index in [2.05, 4.69) is 170 Å². The predicted octanol–water partition coefficient (Wildman–Crippen LogP) is 5.76. The zero-order valence-electron chi connectivity index (χ0n) is 50.9. The van der Waals surface area contributed by atoms with Crippen LogP contribution in [-0.2, 0) is 23.7 Å². The molecule has 8 aliphatic heterocycles. The number of methoxy groups -OCH3 is 1. The molecule has 8 aliphatic rings. The van der Waals surface area contributed by atoms with Crippen molar-refractivity contribution >= 4 is 111 Å². The summed E-state index contributed by atoms with van der Waals surface area (Å²) in [6, 6.07) is -1.27. The van der Waals surface area contributed by atoms with Gasteiger partial charge in [0.05, 0.1) is 58.1 Å². The van der Waals surface area contributed by atoms with Crippen molar-refractivity contribution in [3.8, 4) is 0 Å². The van der Waals surface area contributed by atoms with Crippen LogP contribution >= 0.6 is 61.7 Å². The Morgan fingerprint density at radius 3 is 1.12 bits per heavy atom. The summed E-state index contributed by atoms with van der Waals surface area (Å²) in [5.41, 5.74) is 4.93. The molecule has 0 radical (unpaired) electrons. The fourth-order valence-electron chi connectivity index (χ4n) is 10.2. The van der Waals surface area contributed by atoms with Crippen LogP contribution in [0.25, 0.3) is 0 Å². The number of alkyl halides is 2. The standard InChI is InChI=1S/C15H25N2O4P.C15H25N2O3P.C14H22ClN2O3P.C14H22IN2O3P/c1-9-10(8-16-15(19)17-9)13-14(20-2)12(18)11(21-13)6-7-22(3,4)5;1-9-13(18)12(6-7-21(3,4)5)20-14(9)11-8-16-15(19)17-10(11)2;2*1-8-9(7-16-14(19)17-8)13-11(15)12(18)10(20-13)5-6-21(2,3)4/h8,11-14,18H,1,3,6-7H2,2,4-5H3,(H2,16,17,19);8-9,12-14,18H,2-3,6-7H2,1,4-5H3,(H2,16,17,19);2*7,10-13,18H,1-2,5-6H2,3-4H3,(H2,16,17,19)/t11-,12-,13+,14-;9-,12-,13+,14-;2*10-,11-,12-,13+/m1111/s1. The summed E-state index contributed by atoms with van der Waals surface area (Å²) in [7, 11) is 1.54. The highest BCUT2D eigenvalue weighted by Gasteiger charge is 2.49. The van der Waals surface area contributed by atoms with Gasteiger partial charge in [0.15, 0.2) is 0 Å². The number of nitrogens with one attached hydrogen (secondary N) is 8. The minimum atomic E-state index is -1.18. The molecule has 8 amide bonds. The molecule has 4 fully saturated rings. The summed E-state index contributed by atoms with van der Waals surface area (Å²) in [6.07, 6.45) is 24.6. The third kappa shape index (κ3) is 21.0. The Morgan fingerprint density at radius 2 is 0.765 bits per heavy atom. The third-order valence-electron chi connectivity index (χ3n) is 15.2. The van der Waals surface area contributed by atoms with Crippen molar-refractivity contribution in [3.05, 3.63) is 96.2 Å². The van der Waals surface area contributed by atoms with E-state index < -0.39 is 75.6 Å². The van der Waals surface area contributed by atoms with E-state index in [1.54, 1.807) is 25.7 Å². The molecular formula is C58H94ClIN8O13P4. The van der Waals surface area contributed by atoms with E-state index in [-0.39, 0.29) is 70.6 Å². The molecular weight excluding hydrogens is 1300 g/mol. The number of aliphatic hydroxyl groups is 4. The topological polar surface area (TPSA) is 292 Å². The van der Waals surface area contributed by atoms with E-state index in [9.17, 15) is 39.6 Å². The van der Waals surface area contributed by atoms with Crippen LogP contribution in [0, 0.1) is 5.92 Å². The lowest BCUT2D eigenvalue weighted by Crippen LogP contribution is -2.42. The van der Waals surface area contributed by atoms with E-state index in [1.165, 1.54) is 6.20 Å². The first-order chi connectivity index (χ1) is 39.3. The maximum absolute atomic E-state index is 11.3. The number of carbonyl (C=O) groups is 4. The third-order valence-corrected chi connectivity index (χ3v) is 22.9. The molecule has 0 aliphatic carbocycles. The first-order valence-corrected chi connectivity index (χ1v) is 41.9.